The lowest BCUT2D eigenvalue weighted by atomic mass is 9.65. The second-order valence-corrected chi connectivity index (χ2v) is 23.3. The highest BCUT2D eigenvalue weighted by molar-refractivity contribution is 7.73. The number of fused-ring (bicyclic) bond motifs is 10. The molecule has 3 saturated carbocycles. The molecule has 0 N–H and O–H groups in total. The number of hydrogen-bond donors (Lipinski definition) is 0. The molecule has 4 bridgehead atoms. The zero-order valence-corrected chi connectivity index (χ0v) is 29.8. The molecule has 42 heavy (non-hydrogen) atoms. The minimum absolute atomic E-state index is 0.196. The molecule has 6 rings (SSSR count). The SMILES string of the molecule is CC(P(C(C)(C)C)C(C)(C)C)[C@@]12CCC[C@@H]1P(c1ccccc1)c1ccccc1[C@@H]1CCC(C1)C1CCCCC2CC1. The maximum Gasteiger partial charge on any atom is -0.00635 e. The van der Waals surface area contributed by atoms with Crippen molar-refractivity contribution < 1.29 is 0 Å². The highest BCUT2D eigenvalue weighted by Crippen LogP contribution is 2.73. The fourth-order valence-corrected chi connectivity index (χ4v) is 20.7. The van der Waals surface area contributed by atoms with Crippen LogP contribution >= 0.6 is 15.8 Å². The summed E-state index contributed by atoms with van der Waals surface area (Å²) >= 11 is 0. The molecule has 4 aliphatic rings. The van der Waals surface area contributed by atoms with Crippen molar-refractivity contribution in [2.24, 2.45) is 23.2 Å². The predicted octanol–water partition coefficient (Wildman–Crippen LogP) is 11.6. The lowest BCUT2D eigenvalue weighted by Crippen LogP contribution is -2.50. The Balaban J connectivity index is 1.60. The summed E-state index contributed by atoms with van der Waals surface area (Å²) in [5.74, 6) is 3.59. The van der Waals surface area contributed by atoms with E-state index in [0.29, 0.717) is 15.7 Å². The largest absolute Gasteiger partial charge is 0.0921 e. The van der Waals surface area contributed by atoms with Gasteiger partial charge in [0, 0.05) is 0 Å². The van der Waals surface area contributed by atoms with Crippen molar-refractivity contribution in [3.05, 3.63) is 60.2 Å². The summed E-state index contributed by atoms with van der Waals surface area (Å²) in [6, 6.07) is 22.0. The van der Waals surface area contributed by atoms with Gasteiger partial charge in [-0.1, -0.05) is 137 Å². The quantitative estimate of drug-likeness (QED) is 0.307. The van der Waals surface area contributed by atoms with Crippen LogP contribution in [-0.4, -0.2) is 21.6 Å². The first-order chi connectivity index (χ1) is 20.0. The third-order valence-corrected chi connectivity index (χ3v) is 19.8. The van der Waals surface area contributed by atoms with Gasteiger partial charge < -0.3 is 0 Å². The van der Waals surface area contributed by atoms with Gasteiger partial charge in [0.25, 0.3) is 0 Å². The summed E-state index contributed by atoms with van der Waals surface area (Å²) in [6.07, 6.45) is 17.7. The summed E-state index contributed by atoms with van der Waals surface area (Å²) in [7, 11) is -0.624. The van der Waals surface area contributed by atoms with Crippen LogP contribution in [0.3, 0.4) is 0 Å². The molecule has 3 aliphatic carbocycles. The first-order valence-corrected chi connectivity index (χ1v) is 20.6. The van der Waals surface area contributed by atoms with E-state index < -0.39 is 7.92 Å². The van der Waals surface area contributed by atoms with Crippen molar-refractivity contribution in [2.45, 2.75) is 153 Å². The smallest absolute Gasteiger partial charge is 0.00635 e. The van der Waals surface area contributed by atoms with E-state index in [0.717, 1.165) is 35.0 Å². The molecule has 1 heterocycles. The molecule has 1 aliphatic heterocycles. The second-order valence-electron chi connectivity index (χ2n) is 16.8. The highest BCUT2D eigenvalue weighted by Gasteiger charge is 2.58. The van der Waals surface area contributed by atoms with Crippen LogP contribution in [0.5, 0.6) is 0 Å². The van der Waals surface area contributed by atoms with Gasteiger partial charge in [-0.25, -0.2) is 0 Å². The van der Waals surface area contributed by atoms with Crippen molar-refractivity contribution in [3.63, 3.8) is 0 Å². The zero-order chi connectivity index (χ0) is 29.7. The van der Waals surface area contributed by atoms with Crippen molar-refractivity contribution >= 4 is 26.5 Å². The van der Waals surface area contributed by atoms with Gasteiger partial charge in [-0.2, -0.15) is 0 Å². The van der Waals surface area contributed by atoms with Gasteiger partial charge in [-0.3, -0.25) is 0 Å². The summed E-state index contributed by atoms with van der Waals surface area (Å²) in [4.78, 5) is 0. The Bertz CT molecular complexity index is 1170. The van der Waals surface area contributed by atoms with Crippen LogP contribution in [0.25, 0.3) is 0 Å². The Morgan fingerprint density at radius 3 is 2.12 bits per heavy atom. The van der Waals surface area contributed by atoms with E-state index in [4.69, 9.17) is 0 Å². The summed E-state index contributed by atoms with van der Waals surface area (Å²) in [5.41, 5.74) is 3.77. The molecule has 8 atom stereocenters. The summed E-state index contributed by atoms with van der Waals surface area (Å²) < 4.78 is 0. The standard InChI is InChI=1S/C40H60P2/c1-29(42(38(2,3)4)39(5,6)7)40-27-15-22-37(40)41(34-18-9-8-10-19-34)36-21-14-13-20-35(36)32-24-23-31(28-32)30-16-11-12-17-33(40)26-25-30/h8-10,13-14,18-21,29-33,37H,11-12,15-17,22-28H2,1-7H3/t29?,30?,31?,32-,33?,37+,40-,41?/m1/s1. The van der Waals surface area contributed by atoms with Crippen molar-refractivity contribution in [1.82, 2.24) is 0 Å². The minimum Gasteiger partial charge on any atom is -0.0921 e. The minimum atomic E-state index is -0.427. The van der Waals surface area contributed by atoms with Crippen LogP contribution in [0, 0.1) is 23.2 Å². The number of rotatable bonds is 3. The summed E-state index contributed by atoms with van der Waals surface area (Å²) in [6.45, 7) is 18.4. The Hall–Kier alpha value is -0.700. The fourth-order valence-electron chi connectivity index (χ4n) is 11.5. The first-order valence-electron chi connectivity index (χ1n) is 17.7. The van der Waals surface area contributed by atoms with Gasteiger partial charge in [0.2, 0.25) is 0 Å². The van der Waals surface area contributed by atoms with Gasteiger partial charge in [0.05, 0.1) is 0 Å². The molecule has 0 saturated heterocycles. The van der Waals surface area contributed by atoms with Crippen molar-refractivity contribution in [2.75, 3.05) is 0 Å². The Kier molecular flexibility index (Phi) is 9.12. The van der Waals surface area contributed by atoms with Crippen LogP contribution in [-0.2, 0) is 0 Å². The molecule has 2 heteroatoms. The number of benzene rings is 2. The maximum atomic E-state index is 2.80. The molecule has 5 unspecified atom stereocenters. The molecule has 3 fully saturated rings. The monoisotopic (exact) mass is 602 g/mol. The van der Waals surface area contributed by atoms with Crippen LogP contribution in [0.15, 0.2) is 54.6 Å². The maximum absolute atomic E-state index is 2.80. The molecule has 2 aromatic carbocycles. The van der Waals surface area contributed by atoms with Gasteiger partial charge in [0.1, 0.15) is 0 Å². The van der Waals surface area contributed by atoms with Gasteiger partial charge in [-0.05, 0) is 126 Å². The third kappa shape index (κ3) is 5.73. The van der Waals surface area contributed by atoms with Gasteiger partial charge >= 0.3 is 0 Å². The average molecular weight is 603 g/mol. The van der Waals surface area contributed by atoms with E-state index in [2.05, 4.69) is 103 Å². The fraction of sp³-hybridized carbons (Fsp3) is 0.700. The topological polar surface area (TPSA) is 0 Å². The Labute approximate surface area is 262 Å². The lowest BCUT2D eigenvalue weighted by Gasteiger charge is -2.58. The lowest BCUT2D eigenvalue weighted by molar-refractivity contribution is 0.115. The molecule has 0 amide bonds. The molecule has 0 aromatic heterocycles. The third-order valence-electron chi connectivity index (χ3n) is 12.5. The van der Waals surface area contributed by atoms with Crippen LogP contribution in [0.1, 0.15) is 137 Å². The van der Waals surface area contributed by atoms with Crippen molar-refractivity contribution in [3.8, 4) is 0 Å². The average Bonchev–Trinajstić information content (AvgIpc) is 3.57. The Morgan fingerprint density at radius 1 is 0.714 bits per heavy atom. The van der Waals surface area contributed by atoms with E-state index in [1.165, 1.54) is 77.0 Å². The van der Waals surface area contributed by atoms with Crippen LogP contribution in [0.4, 0.5) is 0 Å². The Morgan fingerprint density at radius 2 is 1.38 bits per heavy atom. The number of hydrogen-bond acceptors (Lipinski definition) is 0. The van der Waals surface area contributed by atoms with Crippen LogP contribution < -0.4 is 10.6 Å². The molecular formula is C40H60P2. The molecule has 230 valence electrons. The van der Waals surface area contributed by atoms with Crippen LogP contribution in [0.2, 0.25) is 0 Å². The molecule has 0 radical (unpaired) electrons. The summed E-state index contributed by atoms with van der Waals surface area (Å²) in [5, 5.41) is 4.15. The highest BCUT2D eigenvalue weighted by atomic mass is 31.1. The molecule has 0 spiro atoms. The van der Waals surface area contributed by atoms with E-state index in [1.54, 1.807) is 16.2 Å². The zero-order valence-electron chi connectivity index (χ0n) is 28.0. The molecular weight excluding hydrogens is 542 g/mol. The van der Waals surface area contributed by atoms with E-state index in [1.807, 2.05) is 0 Å². The van der Waals surface area contributed by atoms with Gasteiger partial charge in [0.15, 0.2) is 0 Å². The second kappa shape index (κ2) is 12.2. The van der Waals surface area contributed by atoms with Crippen molar-refractivity contribution in [1.29, 1.82) is 0 Å². The van der Waals surface area contributed by atoms with E-state index in [-0.39, 0.29) is 7.92 Å². The van der Waals surface area contributed by atoms with Gasteiger partial charge in [-0.15, -0.1) is 0 Å². The molecule has 2 aromatic rings. The first kappa shape index (κ1) is 31.3. The predicted molar refractivity (Wildman–Crippen MR) is 190 cm³/mol. The van der Waals surface area contributed by atoms with E-state index >= 15 is 0 Å². The molecule has 0 nitrogen and oxygen atoms in total. The normalized spacial score (nSPS) is 34.6. The van der Waals surface area contributed by atoms with E-state index in [9.17, 15) is 0 Å².